The highest BCUT2D eigenvalue weighted by Gasteiger charge is 2.31. The van der Waals surface area contributed by atoms with Crippen molar-refractivity contribution in [1.29, 1.82) is 0 Å². The zero-order valence-corrected chi connectivity index (χ0v) is 49.3. The first-order valence-electron chi connectivity index (χ1n) is 23.2. The van der Waals surface area contributed by atoms with Crippen molar-refractivity contribution in [2.24, 2.45) is 27.4 Å². The quantitative estimate of drug-likeness (QED) is 0.0243. The molecule has 0 fully saturated rings. The third kappa shape index (κ3) is 29.9. The molecule has 4 aromatic rings. The van der Waals surface area contributed by atoms with Gasteiger partial charge in [0.25, 0.3) is 0 Å². The third-order valence-corrected chi connectivity index (χ3v) is 11.3. The Hall–Kier alpha value is -5.27. The highest BCUT2D eigenvalue weighted by atomic mass is 35.5. The summed E-state index contributed by atoms with van der Waals surface area (Å²) in [6, 6.07) is -1.30. The van der Waals surface area contributed by atoms with Gasteiger partial charge in [0, 0.05) is 24.2 Å². The van der Waals surface area contributed by atoms with E-state index in [4.69, 9.17) is 73.6 Å². The largest absolute Gasteiger partial charge is 0.481 e. The van der Waals surface area contributed by atoms with Gasteiger partial charge in [0.2, 0.25) is 21.1 Å². The zero-order valence-electron chi connectivity index (χ0n) is 45.5. The second kappa shape index (κ2) is 33.2. The van der Waals surface area contributed by atoms with Crippen LogP contribution in [0.25, 0.3) is 0 Å². The molecule has 0 saturated heterocycles. The summed E-state index contributed by atoms with van der Waals surface area (Å²) in [5.74, 6) is -4.64. The number of carbonyl (C=O) groups is 4. The first-order chi connectivity index (χ1) is 35.2. The zero-order chi connectivity index (χ0) is 59.8. The van der Waals surface area contributed by atoms with Gasteiger partial charge in [-0.1, -0.05) is 94.7 Å². The van der Waals surface area contributed by atoms with Crippen molar-refractivity contribution in [3.63, 3.8) is 0 Å². The molecule has 6 N–H and O–H groups in total. The molecule has 4 aromatic heterocycles. The van der Waals surface area contributed by atoms with E-state index in [1.54, 1.807) is 6.92 Å². The van der Waals surface area contributed by atoms with Crippen LogP contribution in [0.4, 0.5) is 35.0 Å². The van der Waals surface area contributed by atoms with Gasteiger partial charge in [-0.2, -0.15) is 15.0 Å². The maximum atomic E-state index is 13.6. The fourth-order valence-electron chi connectivity index (χ4n) is 5.26. The molecule has 0 saturated carbocycles. The summed E-state index contributed by atoms with van der Waals surface area (Å²) >= 11 is 27.3. The van der Waals surface area contributed by atoms with Crippen LogP contribution in [-0.2, 0) is 33.4 Å². The second-order valence-corrected chi connectivity index (χ2v) is 22.3. The SMILES string of the molecule is CC(C)(C)C(CC(=O)O)Nc1nc(Cl)ncc1F.CCOC(=O)CC(Nc1nc(Cl)ncc1F)C(C)(C)C.COC(=O)CC(N)C(C)(C)C.COC(=O)CC(Nc1nc(Cl)ncc1F)C(C)(C)C.Fc1cnc(Cl)nc1Cl. The Labute approximate surface area is 471 Å². The van der Waals surface area contributed by atoms with E-state index >= 15 is 0 Å². The van der Waals surface area contributed by atoms with Crippen molar-refractivity contribution in [2.45, 2.75) is 140 Å². The Bertz CT molecular complexity index is 2520. The molecule has 432 valence electrons. The minimum absolute atomic E-state index is 0.0192. The summed E-state index contributed by atoms with van der Waals surface area (Å²) in [5.41, 5.74) is 4.73. The number of ether oxygens (including phenoxy) is 3. The molecule has 0 aromatic carbocycles. The fourth-order valence-corrected chi connectivity index (χ4v) is 5.97. The summed E-state index contributed by atoms with van der Waals surface area (Å²) in [6.07, 6.45) is 4.18. The van der Waals surface area contributed by atoms with Crippen LogP contribution in [0, 0.1) is 44.9 Å². The molecule has 4 rings (SSSR count). The minimum atomic E-state index is -0.969. The van der Waals surface area contributed by atoms with Gasteiger partial charge in [-0.3, -0.25) is 19.2 Å². The van der Waals surface area contributed by atoms with Gasteiger partial charge in [-0.05, 0) is 75.0 Å². The molecular weight excluding hydrogens is 1130 g/mol. The Kier molecular flexibility index (Phi) is 31.0. The number of carbonyl (C=O) groups excluding carboxylic acids is 3. The second-order valence-electron chi connectivity index (χ2n) is 20.6. The molecule has 0 bridgehead atoms. The van der Waals surface area contributed by atoms with E-state index in [1.165, 1.54) is 14.2 Å². The Morgan fingerprint density at radius 1 is 0.519 bits per heavy atom. The number of nitrogens with one attached hydrogen (secondary N) is 3. The van der Waals surface area contributed by atoms with E-state index in [0.29, 0.717) is 13.0 Å². The predicted molar refractivity (Wildman–Crippen MR) is 288 cm³/mol. The first-order valence-corrected chi connectivity index (χ1v) is 25.1. The first kappa shape index (κ1) is 71.7. The lowest BCUT2D eigenvalue weighted by Crippen LogP contribution is -2.37. The monoisotopic (exact) mass is 1190 g/mol. The summed E-state index contributed by atoms with van der Waals surface area (Å²) in [4.78, 5) is 73.1. The lowest BCUT2D eigenvalue weighted by Gasteiger charge is -2.31. The van der Waals surface area contributed by atoms with Crippen molar-refractivity contribution in [3.8, 4) is 0 Å². The number of nitrogens with zero attached hydrogens (tertiary/aromatic N) is 8. The van der Waals surface area contributed by atoms with Crippen molar-refractivity contribution in [3.05, 3.63) is 74.3 Å². The third-order valence-electron chi connectivity index (χ3n) is 10.3. The van der Waals surface area contributed by atoms with E-state index in [2.05, 4.69) is 65.3 Å². The van der Waals surface area contributed by atoms with Gasteiger partial charge in [-0.25, -0.2) is 42.5 Å². The van der Waals surface area contributed by atoms with Crippen LogP contribution >= 0.6 is 58.0 Å². The molecule has 0 aliphatic heterocycles. The van der Waals surface area contributed by atoms with Crippen molar-refractivity contribution in [1.82, 2.24) is 39.9 Å². The number of methoxy groups -OCH3 is 2. The average Bonchev–Trinajstić information content (AvgIpc) is 3.30. The Morgan fingerprint density at radius 2 is 0.818 bits per heavy atom. The van der Waals surface area contributed by atoms with Gasteiger partial charge in [-0.15, -0.1) is 0 Å². The molecular formula is C48H69Cl5F4N12O8. The lowest BCUT2D eigenvalue weighted by atomic mass is 9.84. The molecule has 0 radical (unpaired) electrons. The maximum absolute atomic E-state index is 13.6. The van der Waals surface area contributed by atoms with E-state index in [0.717, 1.165) is 24.8 Å². The average molecular weight is 1200 g/mol. The van der Waals surface area contributed by atoms with Gasteiger partial charge in [0.1, 0.15) is 0 Å². The molecule has 0 aliphatic rings. The van der Waals surface area contributed by atoms with Gasteiger partial charge < -0.3 is 41.0 Å². The normalized spacial score (nSPS) is 12.8. The molecule has 20 nitrogen and oxygen atoms in total. The number of carboxylic acid groups (broad SMARTS) is 1. The number of halogens is 9. The van der Waals surface area contributed by atoms with Gasteiger partial charge in [0.05, 0.1) is 71.3 Å². The number of rotatable bonds is 15. The molecule has 0 spiro atoms. The molecule has 0 amide bonds. The van der Waals surface area contributed by atoms with Crippen molar-refractivity contribution >= 4 is 99.3 Å². The molecule has 4 heterocycles. The summed E-state index contributed by atoms with van der Waals surface area (Å²) < 4.78 is 66.9. The molecule has 4 atom stereocenters. The highest BCUT2D eigenvalue weighted by molar-refractivity contribution is 6.31. The predicted octanol–water partition coefficient (Wildman–Crippen LogP) is 11.1. The molecule has 4 unspecified atom stereocenters. The number of anilines is 3. The molecule has 77 heavy (non-hydrogen) atoms. The number of aliphatic carboxylic acids is 1. The summed E-state index contributed by atoms with van der Waals surface area (Å²) in [6.45, 7) is 25.2. The Morgan fingerprint density at radius 3 is 1.09 bits per heavy atom. The van der Waals surface area contributed by atoms with E-state index < -0.39 is 35.3 Å². The van der Waals surface area contributed by atoms with Crippen molar-refractivity contribution in [2.75, 3.05) is 36.8 Å². The number of nitrogens with two attached hydrogens (primary N) is 1. The van der Waals surface area contributed by atoms with Gasteiger partial charge >= 0.3 is 23.9 Å². The standard InChI is InChI=1S/C13H19ClFN3O2.C12H17ClFN3O2.C11H15ClFN3O2.C8H17NO2.C4HCl2FN2/c1-5-20-10(19)6-9(13(2,3)4)17-11-8(15)7-16-12(14)18-11;1-12(2,3)8(5-9(18)19-4)16-10-7(14)6-15-11(13)17-10;1-11(2,3)7(4-8(17)18)15-9-6(13)5-14-10(12)16-9;1-8(2,3)6(9)5-7(10)11-4;5-3-2(7)1-8-4(6)9-3/h7,9H,5-6H2,1-4H3,(H,16,17,18);6,8H,5H2,1-4H3,(H,15,16,17);5,7H,4H2,1-3H3,(H,17,18)(H,14,15,16);6H,5,9H2,1-4H3;1H. The number of hydrogen-bond donors (Lipinski definition) is 5. The number of esters is 3. The van der Waals surface area contributed by atoms with E-state index in [-0.39, 0.29) is 121 Å². The Balaban J connectivity index is 0.000000963. The topological polar surface area (TPSA) is 281 Å². The van der Waals surface area contributed by atoms with Gasteiger partial charge in [0.15, 0.2) is 45.9 Å². The van der Waals surface area contributed by atoms with Crippen LogP contribution in [0.15, 0.2) is 24.8 Å². The highest BCUT2D eigenvalue weighted by Crippen LogP contribution is 2.29. The number of carboxylic acids is 1. The van der Waals surface area contributed by atoms with E-state index in [9.17, 15) is 36.7 Å². The van der Waals surface area contributed by atoms with Crippen LogP contribution in [0.3, 0.4) is 0 Å². The fraction of sp³-hybridized carbons (Fsp3) is 0.583. The maximum Gasteiger partial charge on any atom is 0.307 e. The lowest BCUT2D eigenvalue weighted by molar-refractivity contribution is -0.144. The van der Waals surface area contributed by atoms with Crippen LogP contribution in [0.2, 0.25) is 26.3 Å². The summed E-state index contributed by atoms with van der Waals surface area (Å²) in [5, 5.41) is 16.9. The van der Waals surface area contributed by atoms with Crippen LogP contribution < -0.4 is 21.7 Å². The number of aromatic nitrogens is 8. The molecule has 0 aliphatic carbocycles. The van der Waals surface area contributed by atoms with Crippen LogP contribution in [-0.4, -0.2) is 114 Å². The summed E-state index contributed by atoms with van der Waals surface area (Å²) in [7, 11) is 2.68. The van der Waals surface area contributed by atoms with Crippen LogP contribution in [0.5, 0.6) is 0 Å². The number of hydrogen-bond acceptors (Lipinski definition) is 19. The van der Waals surface area contributed by atoms with Crippen molar-refractivity contribution < 1.29 is 56.1 Å². The molecule has 29 heteroatoms. The smallest absolute Gasteiger partial charge is 0.307 e. The minimum Gasteiger partial charge on any atom is -0.481 e. The van der Waals surface area contributed by atoms with E-state index in [1.807, 2.05) is 83.1 Å². The van der Waals surface area contributed by atoms with Crippen LogP contribution in [0.1, 0.15) is 116 Å².